The Morgan fingerprint density at radius 2 is 2.19 bits per heavy atom. The van der Waals surface area contributed by atoms with E-state index >= 15 is 0 Å². The van der Waals surface area contributed by atoms with Crippen LogP contribution in [-0.4, -0.2) is 19.7 Å². The van der Waals surface area contributed by atoms with E-state index in [1.807, 2.05) is 12.1 Å². The minimum Gasteiger partial charge on any atom is -0.495 e. The molecule has 0 saturated carbocycles. The van der Waals surface area contributed by atoms with Gasteiger partial charge in [-0.2, -0.15) is 0 Å². The van der Waals surface area contributed by atoms with Crippen LogP contribution in [0.1, 0.15) is 26.2 Å². The molecule has 1 aromatic carbocycles. The Balaban J connectivity index is 2.30. The van der Waals surface area contributed by atoms with Crippen LogP contribution in [-0.2, 0) is 0 Å². The van der Waals surface area contributed by atoms with Gasteiger partial charge in [0.2, 0.25) is 0 Å². The molecular formula is C13H20N2O. The first kappa shape index (κ1) is 11.1. The number of rotatable bonds is 2. The molecule has 1 aliphatic heterocycles. The Bertz CT molecular complexity index is 365. The van der Waals surface area contributed by atoms with Crippen LogP contribution in [0.3, 0.4) is 0 Å². The van der Waals surface area contributed by atoms with Crippen molar-refractivity contribution in [2.45, 2.75) is 32.2 Å². The van der Waals surface area contributed by atoms with Crippen molar-refractivity contribution in [3.8, 4) is 5.75 Å². The number of nitrogens with zero attached hydrogens (tertiary/aromatic N) is 1. The van der Waals surface area contributed by atoms with Gasteiger partial charge in [-0.1, -0.05) is 0 Å². The lowest BCUT2D eigenvalue weighted by Crippen LogP contribution is -2.37. The van der Waals surface area contributed by atoms with Gasteiger partial charge in [0.05, 0.1) is 12.8 Å². The summed E-state index contributed by atoms with van der Waals surface area (Å²) in [5.41, 5.74) is 7.69. The van der Waals surface area contributed by atoms with Crippen LogP contribution in [0.2, 0.25) is 0 Å². The molecule has 0 aliphatic carbocycles. The van der Waals surface area contributed by atoms with Gasteiger partial charge < -0.3 is 15.4 Å². The van der Waals surface area contributed by atoms with Crippen LogP contribution < -0.4 is 15.4 Å². The van der Waals surface area contributed by atoms with Crippen molar-refractivity contribution in [2.75, 3.05) is 24.3 Å². The molecule has 2 N–H and O–H groups in total. The largest absolute Gasteiger partial charge is 0.495 e. The number of hydrogen-bond donors (Lipinski definition) is 1. The molecule has 3 heteroatoms. The maximum Gasteiger partial charge on any atom is 0.144 e. The number of hydrogen-bond acceptors (Lipinski definition) is 3. The van der Waals surface area contributed by atoms with Gasteiger partial charge in [-0.25, -0.2) is 0 Å². The zero-order valence-electron chi connectivity index (χ0n) is 10.1. The van der Waals surface area contributed by atoms with E-state index < -0.39 is 0 Å². The van der Waals surface area contributed by atoms with Crippen molar-refractivity contribution in [3.05, 3.63) is 18.2 Å². The third kappa shape index (κ3) is 2.08. The minimum absolute atomic E-state index is 0.589. The van der Waals surface area contributed by atoms with Crippen LogP contribution in [0.5, 0.6) is 5.75 Å². The van der Waals surface area contributed by atoms with Gasteiger partial charge in [-0.15, -0.1) is 0 Å². The highest BCUT2D eigenvalue weighted by Crippen LogP contribution is 2.34. The molecule has 0 unspecified atom stereocenters. The predicted octanol–water partition coefficient (Wildman–Crippen LogP) is 2.66. The molecule has 1 aliphatic rings. The van der Waals surface area contributed by atoms with E-state index in [4.69, 9.17) is 10.5 Å². The average molecular weight is 220 g/mol. The molecule has 88 valence electrons. The van der Waals surface area contributed by atoms with Gasteiger partial charge in [0, 0.05) is 24.3 Å². The first-order valence-corrected chi connectivity index (χ1v) is 5.92. The van der Waals surface area contributed by atoms with Crippen molar-refractivity contribution in [1.29, 1.82) is 0 Å². The van der Waals surface area contributed by atoms with Crippen molar-refractivity contribution < 1.29 is 4.74 Å². The number of piperidine rings is 1. The number of nitrogens with two attached hydrogens (primary N) is 1. The molecule has 1 fully saturated rings. The van der Waals surface area contributed by atoms with Crippen LogP contribution >= 0.6 is 0 Å². The third-order valence-corrected chi connectivity index (χ3v) is 3.32. The van der Waals surface area contributed by atoms with Crippen LogP contribution in [0.15, 0.2) is 18.2 Å². The van der Waals surface area contributed by atoms with E-state index in [0.717, 1.165) is 18.0 Å². The summed E-state index contributed by atoms with van der Waals surface area (Å²) in [6.07, 6.45) is 3.85. The lowest BCUT2D eigenvalue weighted by molar-refractivity contribution is 0.407. The minimum atomic E-state index is 0.589. The van der Waals surface area contributed by atoms with E-state index in [0.29, 0.717) is 6.04 Å². The maximum absolute atomic E-state index is 5.77. The molecule has 16 heavy (non-hydrogen) atoms. The fourth-order valence-electron chi connectivity index (χ4n) is 2.39. The number of methoxy groups -OCH3 is 1. The summed E-state index contributed by atoms with van der Waals surface area (Å²) in [4.78, 5) is 2.42. The highest BCUT2D eigenvalue weighted by Gasteiger charge is 2.21. The number of benzene rings is 1. The van der Waals surface area contributed by atoms with Gasteiger partial charge in [-0.3, -0.25) is 0 Å². The molecule has 1 saturated heterocycles. The average Bonchev–Trinajstić information content (AvgIpc) is 2.30. The van der Waals surface area contributed by atoms with E-state index in [1.54, 1.807) is 7.11 Å². The summed E-state index contributed by atoms with van der Waals surface area (Å²) < 4.78 is 5.41. The maximum atomic E-state index is 5.77. The Kier molecular flexibility index (Phi) is 3.22. The van der Waals surface area contributed by atoms with Gasteiger partial charge in [0.1, 0.15) is 5.75 Å². The fourth-order valence-corrected chi connectivity index (χ4v) is 2.39. The molecule has 0 bridgehead atoms. The highest BCUT2D eigenvalue weighted by molar-refractivity contribution is 5.64. The Labute approximate surface area is 97.2 Å². The van der Waals surface area contributed by atoms with E-state index in [1.165, 1.54) is 24.9 Å². The second kappa shape index (κ2) is 4.64. The fraction of sp³-hybridized carbons (Fsp3) is 0.538. The van der Waals surface area contributed by atoms with Gasteiger partial charge in [0.15, 0.2) is 0 Å². The van der Waals surface area contributed by atoms with Crippen LogP contribution in [0.4, 0.5) is 11.4 Å². The molecule has 2 rings (SSSR count). The Hall–Kier alpha value is -1.38. The van der Waals surface area contributed by atoms with Crippen molar-refractivity contribution in [3.63, 3.8) is 0 Å². The van der Waals surface area contributed by atoms with Crippen molar-refractivity contribution in [2.24, 2.45) is 0 Å². The normalized spacial score (nSPS) is 20.9. The first-order chi connectivity index (χ1) is 7.72. The summed E-state index contributed by atoms with van der Waals surface area (Å²) >= 11 is 0. The summed E-state index contributed by atoms with van der Waals surface area (Å²) in [7, 11) is 1.70. The summed E-state index contributed by atoms with van der Waals surface area (Å²) in [6.45, 7) is 3.39. The number of nitrogen functional groups attached to an aromatic ring is 1. The standard InChI is InChI=1S/C13H20N2O/c1-10-5-3-4-8-15(10)12-7-6-11(14)9-13(12)16-2/h6-7,9-10H,3-5,8,14H2,1-2H3/t10-/m1/s1. The summed E-state index contributed by atoms with van der Waals surface area (Å²) in [5, 5.41) is 0. The van der Waals surface area contributed by atoms with Crippen LogP contribution in [0, 0.1) is 0 Å². The SMILES string of the molecule is COc1cc(N)ccc1N1CCCC[C@H]1C. The molecule has 0 spiro atoms. The molecule has 3 nitrogen and oxygen atoms in total. The molecule has 0 amide bonds. The Morgan fingerprint density at radius 3 is 2.88 bits per heavy atom. The zero-order valence-corrected chi connectivity index (χ0v) is 10.1. The summed E-state index contributed by atoms with van der Waals surface area (Å²) in [5.74, 6) is 0.883. The highest BCUT2D eigenvalue weighted by atomic mass is 16.5. The molecule has 1 heterocycles. The molecule has 0 aromatic heterocycles. The monoisotopic (exact) mass is 220 g/mol. The first-order valence-electron chi connectivity index (χ1n) is 5.92. The summed E-state index contributed by atoms with van der Waals surface area (Å²) in [6, 6.07) is 6.50. The zero-order chi connectivity index (χ0) is 11.5. The molecule has 0 radical (unpaired) electrons. The molecule has 1 aromatic rings. The van der Waals surface area contributed by atoms with E-state index in [9.17, 15) is 0 Å². The predicted molar refractivity (Wildman–Crippen MR) is 68.1 cm³/mol. The second-order valence-electron chi connectivity index (χ2n) is 4.47. The van der Waals surface area contributed by atoms with Crippen molar-refractivity contribution >= 4 is 11.4 Å². The lowest BCUT2D eigenvalue weighted by Gasteiger charge is -2.36. The van der Waals surface area contributed by atoms with E-state index in [-0.39, 0.29) is 0 Å². The lowest BCUT2D eigenvalue weighted by atomic mass is 10.0. The van der Waals surface area contributed by atoms with Gasteiger partial charge >= 0.3 is 0 Å². The second-order valence-corrected chi connectivity index (χ2v) is 4.47. The molecular weight excluding hydrogens is 200 g/mol. The van der Waals surface area contributed by atoms with E-state index in [2.05, 4.69) is 17.9 Å². The van der Waals surface area contributed by atoms with Gasteiger partial charge in [-0.05, 0) is 38.3 Å². The molecule has 1 atom stereocenters. The number of anilines is 2. The quantitative estimate of drug-likeness (QED) is 0.779. The Morgan fingerprint density at radius 1 is 1.38 bits per heavy atom. The smallest absolute Gasteiger partial charge is 0.144 e. The topological polar surface area (TPSA) is 38.5 Å². The number of ether oxygens (including phenoxy) is 1. The van der Waals surface area contributed by atoms with Gasteiger partial charge in [0.25, 0.3) is 0 Å². The third-order valence-electron chi connectivity index (χ3n) is 3.32. The van der Waals surface area contributed by atoms with Crippen molar-refractivity contribution in [1.82, 2.24) is 0 Å². The van der Waals surface area contributed by atoms with Crippen LogP contribution in [0.25, 0.3) is 0 Å².